The largest absolute Gasteiger partial charge is 0.493 e. The van der Waals surface area contributed by atoms with Crippen LogP contribution in [0.1, 0.15) is 22.7 Å². The van der Waals surface area contributed by atoms with Gasteiger partial charge in [-0.05, 0) is 13.0 Å². The average molecular weight is 270 g/mol. The predicted molar refractivity (Wildman–Crippen MR) is 74.4 cm³/mol. The minimum atomic E-state index is -0.505. The molecular formula is C15H14N2OS. The molecule has 2 heterocycles. The van der Waals surface area contributed by atoms with Crippen molar-refractivity contribution in [3.05, 3.63) is 45.9 Å². The number of thiazole rings is 1. The summed E-state index contributed by atoms with van der Waals surface area (Å²) in [4.78, 5) is 4.50. The first-order valence-corrected chi connectivity index (χ1v) is 7.16. The number of rotatable bonds is 2. The second-order valence-electron chi connectivity index (χ2n) is 4.82. The number of nitrogens with zero attached hydrogens (tertiary/aromatic N) is 2. The molecule has 1 aromatic heterocycles. The number of hydrogen-bond acceptors (Lipinski definition) is 4. The molecule has 0 saturated heterocycles. The van der Waals surface area contributed by atoms with Gasteiger partial charge in [-0.25, -0.2) is 4.98 Å². The van der Waals surface area contributed by atoms with E-state index in [-0.39, 0.29) is 0 Å². The van der Waals surface area contributed by atoms with Crippen molar-refractivity contribution < 1.29 is 4.74 Å². The third kappa shape index (κ3) is 2.11. The number of fused-ring (bicyclic) bond motifs is 1. The number of para-hydroxylation sites is 1. The number of ether oxygens (including phenoxy) is 1. The van der Waals surface area contributed by atoms with Gasteiger partial charge in [0.15, 0.2) is 0 Å². The second kappa shape index (κ2) is 4.67. The molecule has 1 atom stereocenters. The van der Waals surface area contributed by atoms with E-state index in [1.165, 1.54) is 0 Å². The first-order chi connectivity index (χ1) is 9.23. The maximum Gasteiger partial charge on any atom is 0.124 e. The molecule has 1 aromatic carbocycles. The van der Waals surface area contributed by atoms with E-state index in [4.69, 9.17) is 4.74 Å². The summed E-state index contributed by atoms with van der Waals surface area (Å²) in [6.07, 6.45) is 1.38. The number of aryl methyl sites for hydroxylation is 1. The summed E-state index contributed by atoms with van der Waals surface area (Å²) in [5.74, 6) is 0.835. The van der Waals surface area contributed by atoms with Crippen molar-refractivity contribution in [1.82, 2.24) is 4.98 Å². The van der Waals surface area contributed by atoms with Gasteiger partial charge < -0.3 is 4.74 Å². The third-order valence-corrected chi connectivity index (χ3v) is 4.37. The summed E-state index contributed by atoms with van der Waals surface area (Å²) in [6, 6.07) is 10.4. The highest BCUT2D eigenvalue weighted by Gasteiger charge is 2.38. The fourth-order valence-electron chi connectivity index (χ4n) is 2.60. The molecule has 0 aliphatic carbocycles. The molecule has 0 saturated carbocycles. The molecule has 19 heavy (non-hydrogen) atoms. The van der Waals surface area contributed by atoms with E-state index < -0.39 is 5.41 Å². The van der Waals surface area contributed by atoms with Crippen molar-refractivity contribution in [2.24, 2.45) is 0 Å². The minimum absolute atomic E-state index is 0.505. The lowest BCUT2D eigenvalue weighted by molar-refractivity contribution is 0.240. The van der Waals surface area contributed by atoms with E-state index in [0.29, 0.717) is 13.0 Å². The highest BCUT2D eigenvalue weighted by Crippen LogP contribution is 2.40. The van der Waals surface area contributed by atoms with Gasteiger partial charge in [0.25, 0.3) is 0 Å². The molecule has 96 valence electrons. The van der Waals surface area contributed by atoms with E-state index >= 15 is 0 Å². The van der Waals surface area contributed by atoms with Crippen LogP contribution in [-0.4, -0.2) is 11.6 Å². The zero-order valence-corrected chi connectivity index (χ0v) is 11.5. The highest BCUT2D eigenvalue weighted by molar-refractivity contribution is 7.09. The quantitative estimate of drug-likeness (QED) is 0.841. The van der Waals surface area contributed by atoms with E-state index in [2.05, 4.69) is 11.1 Å². The molecule has 1 aliphatic heterocycles. The highest BCUT2D eigenvalue weighted by atomic mass is 32.1. The summed E-state index contributed by atoms with van der Waals surface area (Å²) < 4.78 is 5.65. The van der Waals surface area contributed by atoms with Crippen molar-refractivity contribution in [1.29, 1.82) is 5.26 Å². The third-order valence-electron chi connectivity index (χ3n) is 3.55. The lowest BCUT2D eigenvalue weighted by Gasteiger charge is -2.32. The Labute approximate surface area is 116 Å². The van der Waals surface area contributed by atoms with Gasteiger partial charge in [0.1, 0.15) is 5.75 Å². The van der Waals surface area contributed by atoms with Crippen molar-refractivity contribution in [3.63, 3.8) is 0 Å². The standard InChI is InChI=1S/C15H14N2OS/c1-11-17-12(9-19-11)8-15(10-16)6-7-18-14-5-3-2-4-13(14)15/h2-5,9H,6-8H2,1H3. The minimum Gasteiger partial charge on any atom is -0.493 e. The van der Waals surface area contributed by atoms with Gasteiger partial charge in [-0.1, -0.05) is 18.2 Å². The molecule has 1 unspecified atom stereocenters. The zero-order valence-electron chi connectivity index (χ0n) is 10.7. The Kier molecular flexibility index (Phi) is 3.00. The number of nitriles is 1. The lowest BCUT2D eigenvalue weighted by atomic mass is 9.74. The molecule has 0 spiro atoms. The molecular weight excluding hydrogens is 256 g/mol. The summed E-state index contributed by atoms with van der Waals surface area (Å²) in [7, 11) is 0. The van der Waals surface area contributed by atoms with Crippen LogP contribution >= 0.6 is 11.3 Å². The van der Waals surface area contributed by atoms with Crippen LogP contribution in [0.4, 0.5) is 0 Å². The molecule has 3 nitrogen and oxygen atoms in total. The van der Waals surface area contributed by atoms with E-state index in [1.807, 2.05) is 36.6 Å². The Morgan fingerprint density at radius 2 is 2.32 bits per heavy atom. The van der Waals surface area contributed by atoms with Gasteiger partial charge in [0.2, 0.25) is 0 Å². The maximum absolute atomic E-state index is 9.73. The van der Waals surface area contributed by atoms with Crippen LogP contribution in [0.2, 0.25) is 0 Å². The number of benzene rings is 1. The van der Waals surface area contributed by atoms with Crippen LogP contribution in [0.25, 0.3) is 0 Å². The summed E-state index contributed by atoms with van der Waals surface area (Å²) in [5.41, 5.74) is 1.49. The van der Waals surface area contributed by atoms with Crippen LogP contribution in [0.5, 0.6) is 5.75 Å². The maximum atomic E-state index is 9.73. The molecule has 2 aromatic rings. The molecule has 3 rings (SSSR count). The van der Waals surface area contributed by atoms with Crippen LogP contribution in [0.3, 0.4) is 0 Å². The zero-order chi connectivity index (χ0) is 13.3. The molecule has 0 amide bonds. The van der Waals surface area contributed by atoms with Crippen LogP contribution in [0.15, 0.2) is 29.6 Å². The summed E-state index contributed by atoms with van der Waals surface area (Å²) in [6.45, 7) is 2.58. The van der Waals surface area contributed by atoms with Gasteiger partial charge in [0, 0.05) is 23.8 Å². The van der Waals surface area contributed by atoms with Gasteiger partial charge >= 0.3 is 0 Å². The fourth-order valence-corrected chi connectivity index (χ4v) is 3.21. The molecule has 0 fully saturated rings. The van der Waals surface area contributed by atoms with E-state index in [0.717, 1.165) is 28.4 Å². The monoisotopic (exact) mass is 270 g/mol. The second-order valence-corrected chi connectivity index (χ2v) is 5.89. The Morgan fingerprint density at radius 3 is 3.05 bits per heavy atom. The smallest absolute Gasteiger partial charge is 0.124 e. The number of hydrogen-bond donors (Lipinski definition) is 0. The first kappa shape index (κ1) is 12.2. The van der Waals surface area contributed by atoms with Gasteiger partial charge in [-0.15, -0.1) is 11.3 Å². The van der Waals surface area contributed by atoms with Gasteiger partial charge in [-0.2, -0.15) is 5.26 Å². The Hall–Kier alpha value is -1.86. The SMILES string of the molecule is Cc1nc(CC2(C#N)CCOc3ccccc32)cs1. The Balaban J connectivity index is 2.03. The molecule has 0 radical (unpaired) electrons. The van der Waals surface area contributed by atoms with Gasteiger partial charge in [0.05, 0.1) is 28.8 Å². The normalized spacial score (nSPS) is 21.3. The van der Waals surface area contributed by atoms with Crippen molar-refractivity contribution in [2.45, 2.75) is 25.2 Å². The van der Waals surface area contributed by atoms with E-state index in [1.54, 1.807) is 11.3 Å². The van der Waals surface area contributed by atoms with Crippen LogP contribution in [-0.2, 0) is 11.8 Å². The first-order valence-electron chi connectivity index (χ1n) is 6.28. The van der Waals surface area contributed by atoms with Crippen molar-refractivity contribution in [2.75, 3.05) is 6.61 Å². The molecule has 0 bridgehead atoms. The Morgan fingerprint density at radius 1 is 1.47 bits per heavy atom. The van der Waals surface area contributed by atoms with Crippen molar-refractivity contribution >= 4 is 11.3 Å². The molecule has 0 N–H and O–H groups in total. The van der Waals surface area contributed by atoms with Crippen LogP contribution < -0.4 is 4.74 Å². The molecule has 1 aliphatic rings. The predicted octanol–water partition coefficient (Wildman–Crippen LogP) is 3.24. The summed E-state index contributed by atoms with van der Waals surface area (Å²) in [5, 5.41) is 12.8. The Bertz CT molecular complexity index is 644. The number of aromatic nitrogens is 1. The van der Waals surface area contributed by atoms with Crippen molar-refractivity contribution in [3.8, 4) is 11.8 Å². The summed E-state index contributed by atoms with van der Waals surface area (Å²) >= 11 is 1.63. The van der Waals surface area contributed by atoms with E-state index in [9.17, 15) is 5.26 Å². The topological polar surface area (TPSA) is 45.9 Å². The average Bonchev–Trinajstić information content (AvgIpc) is 2.84. The lowest BCUT2D eigenvalue weighted by Crippen LogP contribution is -2.33. The van der Waals surface area contributed by atoms with Crippen LogP contribution in [0, 0.1) is 18.3 Å². The van der Waals surface area contributed by atoms with Gasteiger partial charge in [-0.3, -0.25) is 0 Å². The fraction of sp³-hybridized carbons (Fsp3) is 0.333. The molecule has 4 heteroatoms.